The van der Waals surface area contributed by atoms with Gasteiger partial charge >= 0.3 is 0 Å². The van der Waals surface area contributed by atoms with Crippen LogP contribution in [0, 0.1) is 0 Å². The molecule has 1 aromatic heterocycles. The van der Waals surface area contributed by atoms with Gasteiger partial charge in [0.15, 0.2) is 5.96 Å². The van der Waals surface area contributed by atoms with Crippen molar-refractivity contribution < 1.29 is 4.74 Å². The molecule has 1 aliphatic rings. The smallest absolute Gasteiger partial charge is 0.191 e. The SMILES string of the molecule is CCNC(=NCC1Cc2ccccc2O1)NCCCn1cccn1. The first kappa shape index (κ1) is 16.4. The largest absolute Gasteiger partial charge is 0.488 e. The van der Waals surface area contributed by atoms with E-state index >= 15 is 0 Å². The van der Waals surface area contributed by atoms with Crippen LogP contribution in [0.25, 0.3) is 0 Å². The summed E-state index contributed by atoms with van der Waals surface area (Å²) in [5.41, 5.74) is 1.27. The van der Waals surface area contributed by atoms with E-state index in [1.807, 2.05) is 29.1 Å². The normalized spacial score (nSPS) is 16.5. The van der Waals surface area contributed by atoms with Crippen LogP contribution >= 0.6 is 0 Å². The fourth-order valence-corrected chi connectivity index (χ4v) is 2.77. The third-order valence-electron chi connectivity index (χ3n) is 3.93. The minimum atomic E-state index is 0.127. The second kappa shape index (κ2) is 8.38. The molecule has 24 heavy (non-hydrogen) atoms. The number of ether oxygens (including phenoxy) is 1. The van der Waals surface area contributed by atoms with Crippen LogP contribution < -0.4 is 15.4 Å². The van der Waals surface area contributed by atoms with Crippen molar-refractivity contribution in [3.05, 3.63) is 48.3 Å². The molecule has 0 fully saturated rings. The first-order chi connectivity index (χ1) is 11.8. The number of hydrogen-bond acceptors (Lipinski definition) is 3. The Labute approximate surface area is 142 Å². The van der Waals surface area contributed by atoms with Gasteiger partial charge in [0.2, 0.25) is 0 Å². The molecule has 0 bridgehead atoms. The summed E-state index contributed by atoms with van der Waals surface area (Å²) in [6.07, 6.45) is 5.84. The lowest BCUT2D eigenvalue weighted by atomic mass is 10.1. The number of rotatable bonds is 7. The van der Waals surface area contributed by atoms with Gasteiger partial charge in [-0.2, -0.15) is 5.10 Å². The van der Waals surface area contributed by atoms with Crippen molar-refractivity contribution in [3.63, 3.8) is 0 Å². The molecule has 2 heterocycles. The van der Waals surface area contributed by atoms with Gasteiger partial charge in [-0.25, -0.2) is 4.99 Å². The first-order valence-corrected chi connectivity index (χ1v) is 8.59. The lowest BCUT2D eigenvalue weighted by Crippen LogP contribution is -2.38. The minimum absolute atomic E-state index is 0.127. The van der Waals surface area contributed by atoms with E-state index in [1.54, 1.807) is 6.20 Å². The lowest BCUT2D eigenvalue weighted by Gasteiger charge is -2.13. The molecule has 0 amide bonds. The van der Waals surface area contributed by atoms with Crippen LogP contribution in [0.5, 0.6) is 5.75 Å². The monoisotopic (exact) mass is 327 g/mol. The van der Waals surface area contributed by atoms with Gasteiger partial charge in [-0.15, -0.1) is 0 Å². The molecule has 6 heteroatoms. The highest BCUT2D eigenvalue weighted by atomic mass is 16.5. The molecule has 0 spiro atoms. The Kier molecular flexibility index (Phi) is 5.71. The fraction of sp³-hybridized carbons (Fsp3) is 0.444. The molecule has 0 saturated heterocycles. The molecule has 2 aromatic rings. The van der Waals surface area contributed by atoms with E-state index < -0.39 is 0 Å². The molecule has 2 N–H and O–H groups in total. The zero-order chi connectivity index (χ0) is 16.6. The summed E-state index contributed by atoms with van der Waals surface area (Å²) in [4.78, 5) is 4.66. The molecule has 6 nitrogen and oxygen atoms in total. The maximum absolute atomic E-state index is 5.94. The van der Waals surface area contributed by atoms with E-state index in [1.165, 1.54) is 5.56 Å². The standard InChI is InChI=1S/C18H25N5O/c1-2-19-18(20-9-5-11-23-12-6-10-22-23)21-14-16-13-15-7-3-4-8-17(15)24-16/h3-4,6-8,10,12,16H,2,5,9,11,13-14H2,1H3,(H2,19,20,21). The summed E-state index contributed by atoms with van der Waals surface area (Å²) in [6.45, 7) is 5.33. The van der Waals surface area contributed by atoms with E-state index in [0.717, 1.165) is 44.2 Å². The molecule has 0 radical (unpaired) electrons. The van der Waals surface area contributed by atoms with E-state index in [2.05, 4.69) is 39.8 Å². The summed E-state index contributed by atoms with van der Waals surface area (Å²) in [6, 6.07) is 10.2. The number of hydrogen-bond donors (Lipinski definition) is 2. The number of guanidine groups is 1. The maximum Gasteiger partial charge on any atom is 0.191 e. The molecule has 0 aliphatic carbocycles. The Balaban J connectivity index is 1.44. The van der Waals surface area contributed by atoms with E-state index in [0.29, 0.717) is 6.54 Å². The summed E-state index contributed by atoms with van der Waals surface area (Å²) in [5.74, 6) is 1.84. The zero-order valence-electron chi connectivity index (χ0n) is 14.1. The third-order valence-corrected chi connectivity index (χ3v) is 3.93. The molecule has 1 aliphatic heterocycles. The summed E-state index contributed by atoms with van der Waals surface area (Å²) in [7, 11) is 0. The van der Waals surface area contributed by atoms with Crippen LogP contribution in [0.1, 0.15) is 18.9 Å². The molecule has 0 saturated carbocycles. The first-order valence-electron chi connectivity index (χ1n) is 8.59. The second-order valence-corrected chi connectivity index (χ2v) is 5.82. The topological polar surface area (TPSA) is 63.5 Å². The fourth-order valence-electron chi connectivity index (χ4n) is 2.77. The van der Waals surface area contributed by atoms with Crippen LogP contribution in [-0.4, -0.2) is 41.5 Å². The van der Waals surface area contributed by atoms with Gasteiger partial charge in [0.1, 0.15) is 11.9 Å². The minimum Gasteiger partial charge on any atom is -0.488 e. The Bertz CT molecular complexity index is 628. The predicted molar refractivity (Wildman–Crippen MR) is 95.4 cm³/mol. The van der Waals surface area contributed by atoms with Crippen molar-refractivity contribution in [3.8, 4) is 5.75 Å². The van der Waals surface area contributed by atoms with Gasteiger partial charge in [-0.3, -0.25) is 4.68 Å². The van der Waals surface area contributed by atoms with Gasteiger partial charge in [-0.05, 0) is 31.0 Å². The maximum atomic E-state index is 5.94. The number of aliphatic imine (C=N–C) groups is 1. The number of nitrogens with zero attached hydrogens (tertiary/aromatic N) is 3. The average Bonchev–Trinajstić information content (AvgIpc) is 3.25. The van der Waals surface area contributed by atoms with E-state index in [4.69, 9.17) is 4.74 Å². The van der Waals surface area contributed by atoms with Crippen LogP contribution in [0.15, 0.2) is 47.7 Å². The number of fused-ring (bicyclic) bond motifs is 1. The summed E-state index contributed by atoms with van der Waals surface area (Å²) < 4.78 is 7.88. The Hall–Kier alpha value is -2.50. The van der Waals surface area contributed by atoms with Crippen molar-refractivity contribution in [2.45, 2.75) is 32.4 Å². The molecule has 1 unspecified atom stereocenters. The number of aromatic nitrogens is 2. The van der Waals surface area contributed by atoms with Gasteiger partial charge in [-0.1, -0.05) is 18.2 Å². The number of para-hydroxylation sites is 1. The molecular weight excluding hydrogens is 302 g/mol. The van der Waals surface area contributed by atoms with Gasteiger partial charge in [0, 0.05) is 38.4 Å². The third kappa shape index (κ3) is 4.50. The highest BCUT2D eigenvalue weighted by molar-refractivity contribution is 5.79. The Morgan fingerprint density at radius 1 is 1.33 bits per heavy atom. The van der Waals surface area contributed by atoms with E-state index in [9.17, 15) is 0 Å². The van der Waals surface area contributed by atoms with Crippen molar-refractivity contribution in [1.29, 1.82) is 0 Å². The Morgan fingerprint density at radius 3 is 3.04 bits per heavy atom. The predicted octanol–water partition coefficient (Wildman–Crippen LogP) is 1.83. The highest BCUT2D eigenvalue weighted by Crippen LogP contribution is 2.28. The quantitative estimate of drug-likeness (QED) is 0.463. The summed E-state index contributed by atoms with van der Waals surface area (Å²) >= 11 is 0. The Morgan fingerprint density at radius 2 is 2.25 bits per heavy atom. The van der Waals surface area contributed by atoms with Crippen LogP contribution in [0.4, 0.5) is 0 Å². The van der Waals surface area contributed by atoms with Crippen LogP contribution in [0.3, 0.4) is 0 Å². The second-order valence-electron chi connectivity index (χ2n) is 5.82. The molecule has 1 aromatic carbocycles. The lowest BCUT2D eigenvalue weighted by molar-refractivity contribution is 0.241. The van der Waals surface area contributed by atoms with Crippen molar-refractivity contribution in [2.75, 3.05) is 19.6 Å². The highest BCUT2D eigenvalue weighted by Gasteiger charge is 2.21. The van der Waals surface area contributed by atoms with Crippen molar-refractivity contribution in [1.82, 2.24) is 20.4 Å². The average molecular weight is 327 g/mol. The van der Waals surface area contributed by atoms with Gasteiger partial charge < -0.3 is 15.4 Å². The van der Waals surface area contributed by atoms with Crippen LogP contribution in [0.2, 0.25) is 0 Å². The molecule has 128 valence electrons. The van der Waals surface area contributed by atoms with E-state index in [-0.39, 0.29) is 6.10 Å². The molecule has 3 rings (SSSR count). The zero-order valence-corrected chi connectivity index (χ0v) is 14.1. The number of nitrogens with one attached hydrogen (secondary N) is 2. The van der Waals surface area contributed by atoms with Crippen molar-refractivity contribution in [2.24, 2.45) is 4.99 Å². The number of aryl methyl sites for hydroxylation is 1. The molecular formula is C18H25N5O. The van der Waals surface area contributed by atoms with Crippen molar-refractivity contribution >= 4 is 5.96 Å². The van der Waals surface area contributed by atoms with Gasteiger partial charge in [0.25, 0.3) is 0 Å². The van der Waals surface area contributed by atoms with Crippen LogP contribution in [-0.2, 0) is 13.0 Å². The van der Waals surface area contributed by atoms with Gasteiger partial charge in [0.05, 0.1) is 6.54 Å². The molecule has 1 atom stereocenters. The summed E-state index contributed by atoms with van der Waals surface area (Å²) in [5, 5.41) is 10.9. The number of benzene rings is 1.